The number of amides is 1. The number of hydrogen-bond acceptors (Lipinski definition) is 5. The fourth-order valence-electron chi connectivity index (χ4n) is 3.11. The van der Waals surface area contributed by atoms with Crippen molar-refractivity contribution in [2.45, 2.75) is 27.3 Å². The zero-order valence-electron chi connectivity index (χ0n) is 16.0. The van der Waals surface area contributed by atoms with Crippen molar-refractivity contribution < 1.29 is 4.79 Å². The highest BCUT2D eigenvalue weighted by molar-refractivity contribution is 7.22. The molecule has 0 fully saturated rings. The van der Waals surface area contributed by atoms with E-state index in [4.69, 9.17) is 4.98 Å². The number of aromatic nitrogens is 3. The van der Waals surface area contributed by atoms with Gasteiger partial charge in [-0.2, -0.15) is 0 Å². The van der Waals surface area contributed by atoms with Gasteiger partial charge in [0.2, 0.25) is 0 Å². The molecule has 0 aliphatic carbocycles. The number of thiazole rings is 1. The molecule has 0 atom stereocenters. The van der Waals surface area contributed by atoms with Crippen molar-refractivity contribution in [3.8, 4) is 0 Å². The zero-order valence-corrected chi connectivity index (χ0v) is 16.8. The molecule has 2 aromatic carbocycles. The van der Waals surface area contributed by atoms with E-state index in [1.165, 1.54) is 23.1 Å². The summed E-state index contributed by atoms with van der Waals surface area (Å²) in [6.07, 6.45) is 3.14. The topological polar surface area (TPSA) is 59.0 Å². The maximum atomic E-state index is 13.3. The largest absolute Gasteiger partial charge is 0.280 e. The molecule has 2 heterocycles. The molecule has 0 spiro atoms. The predicted octanol–water partition coefficient (Wildman–Crippen LogP) is 4.86. The van der Waals surface area contributed by atoms with E-state index in [0.29, 0.717) is 17.4 Å². The van der Waals surface area contributed by atoms with Crippen LogP contribution in [0.3, 0.4) is 0 Å². The van der Waals surface area contributed by atoms with Crippen LogP contribution >= 0.6 is 11.3 Å². The highest BCUT2D eigenvalue weighted by Gasteiger charge is 2.23. The molecule has 4 aromatic rings. The quantitative estimate of drug-likeness (QED) is 0.501. The first kappa shape index (κ1) is 18.3. The number of anilines is 1. The third kappa shape index (κ3) is 3.64. The van der Waals surface area contributed by atoms with Gasteiger partial charge in [-0.1, -0.05) is 47.7 Å². The minimum atomic E-state index is -0.204. The first-order valence-corrected chi connectivity index (χ1v) is 9.85. The van der Waals surface area contributed by atoms with Crippen LogP contribution in [0, 0.1) is 20.8 Å². The Morgan fingerprint density at radius 2 is 1.82 bits per heavy atom. The van der Waals surface area contributed by atoms with Gasteiger partial charge in [0.25, 0.3) is 5.91 Å². The van der Waals surface area contributed by atoms with Gasteiger partial charge in [0.05, 0.1) is 28.7 Å². The fraction of sp³-hybridized carbons (Fsp3) is 0.182. The van der Waals surface area contributed by atoms with Crippen LogP contribution in [0.15, 0.2) is 54.9 Å². The lowest BCUT2D eigenvalue weighted by Gasteiger charge is -2.19. The van der Waals surface area contributed by atoms with Gasteiger partial charge in [-0.05, 0) is 43.5 Å². The molecule has 0 aliphatic rings. The second-order valence-corrected chi connectivity index (χ2v) is 7.85. The Morgan fingerprint density at radius 1 is 1.04 bits per heavy atom. The molecule has 1 amide bonds. The summed E-state index contributed by atoms with van der Waals surface area (Å²) in [5.74, 6) is -0.204. The maximum Gasteiger partial charge on any atom is 0.280 e. The van der Waals surface area contributed by atoms with Crippen LogP contribution in [-0.4, -0.2) is 20.9 Å². The second kappa shape index (κ2) is 7.48. The molecule has 0 N–H and O–H groups in total. The summed E-state index contributed by atoms with van der Waals surface area (Å²) in [6.45, 7) is 6.39. The summed E-state index contributed by atoms with van der Waals surface area (Å²) in [7, 11) is 0. The number of rotatable bonds is 4. The van der Waals surface area contributed by atoms with Gasteiger partial charge in [-0.15, -0.1) is 0 Å². The van der Waals surface area contributed by atoms with Gasteiger partial charge < -0.3 is 0 Å². The number of hydrogen-bond donors (Lipinski definition) is 0. The van der Waals surface area contributed by atoms with E-state index in [9.17, 15) is 4.79 Å². The van der Waals surface area contributed by atoms with Gasteiger partial charge in [0, 0.05) is 6.20 Å². The maximum absolute atomic E-state index is 13.3. The summed E-state index contributed by atoms with van der Waals surface area (Å²) >= 11 is 1.52. The van der Waals surface area contributed by atoms with Crippen molar-refractivity contribution in [3.05, 3.63) is 82.9 Å². The molecule has 0 saturated carbocycles. The van der Waals surface area contributed by atoms with E-state index in [1.807, 2.05) is 44.2 Å². The molecule has 6 heteroatoms. The van der Waals surface area contributed by atoms with E-state index in [2.05, 4.69) is 29.0 Å². The molecule has 2 aromatic heterocycles. The SMILES string of the molecule is Cc1cc(C)c2nc(N(Cc3ccccc3)C(=O)c3cnc(C)cn3)sc2c1. The smallest absolute Gasteiger partial charge is 0.278 e. The molecule has 0 aliphatic heterocycles. The Hall–Kier alpha value is -3.12. The van der Waals surface area contributed by atoms with Crippen LogP contribution in [-0.2, 0) is 6.54 Å². The van der Waals surface area contributed by atoms with Gasteiger partial charge in [0.15, 0.2) is 5.13 Å². The molecular weight excluding hydrogens is 368 g/mol. The van der Waals surface area contributed by atoms with Crippen LogP contribution in [0.5, 0.6) is 0 Å². The van der Waals surface area contributed by atoms with Gasteiger partial charge in [-0.3, -0.25) is 14.7 Å². The lowest BCUT2D eigenvalue weighted by molar-refractivity contribution is 0.0980. The Balaban J connectivity index is 1.79. The summed E-state index contributed by atoms with van der Waals surface area (Å²) < 4.78 is 1.08. The van der Waals surface area contributed by atoms with Crippen molar-refractivity contribution in [1.29, 1.82) is 0 Å². The Labute approximate surface area is 167 Å². The van der Waals surface area contributed by atoms with Crippen molar-refractivity contribution in [1.82, 2.24) is 15.0 Å². The molecule has 0 saturated heterocycles. The van der Waals surface area contributed by atoms with Crippen LogP contribution in [0.2, 0.25) is 0 Å². The molecule has 4 rings (SSSR count). The number of aryl methyl sites for hydroxylation is 3. The minimum Gasteiger partial charge on any atom is -0.278 e. The first-order chi connectivity index (χ1) is 13.5. The monoisotopic (exact) mass is 388 g/mol. The fourth-order valence-corrected chi connectivity index (χ4v) is 4.25. The van der Waals surface area contributed by atoms with E-state index in [1.54, 1.807) is 11.1 Å². The number of benzene rings is 2. The summed E-state index contributed by atoms with van der Waals surface area (Å²) in [4.78, 5) is 28.3. The first-order valence-electron chi connectivity index (χ1n) is 9.03. The van der Waals surface area contributed by atoms with Crippen molar-refractivity contribution in [2.75, 3.05) is 4.90 Å². The van der Waals surface area contributed by atoms with Gasteiger partial charge >= 0.3 is 0 Å². The number of fused-ring (bicyclic) bond motifs is 1. The number of nitrogens with zero attached hydrogens (tertiary/aromatic N) is 4. The van der Waals surface area contributed by atoms with Gasteiger partial charge in [-0.25, -0.2) is 9.97 Å². The highest BCUT2D eigenvalue weighted by atomic mass is 32.1. The van der Waals surface area contributed by atoms with E-state index >= 15 is 0 Å². The summed E-state index contributed by atoms with van der Waals surface area (Å²) in [5.41, 5.74) is 5.35. The lowest BCUT2D eigenvalue weighted by atomic mass is 10.1. The number of carbonyl (C=O) groups is 1. The van der Waals surface area contributed by atoms with Crippen molar-refractivity contribution >= 4 is 32.6 Å². The second-order valence-electron chi connectivity index (χ2n) is 6.84. The molecule has 0 bridgehead atoms. The van der Waals surface area contributed by atoms with E-state index in [0.717, 1.165) is 27.0 Å². The normalized spacial score (nSPS) is 11.0. The standard InChI is InChI=1S/C22H20N4OS/c1-14-9-15(2)20-19(10-14)28-22(25-20)26(13-17-7-5-4-6-8-17)21(27)18-12-23-16(3)11-24-18/h4-12H,13H2,1-3H3. The Bertz CT molecular complexity index is 1140. The Kier molecular flexibility index (Phi) is 4.88. The molecule has 5 nitrogen and oxygen atoms in total. The van der Waals surface area contributed by atoms with Crippen LogP contribution in [0.25, 0.3) is 10.2 Å². The molecule has 28 heavy (non-hydrogen) atoms. The van der Waals surface area contributed by atoms with Crippen molar-refractivity contribution in [2.24, 2.45) is 0 Å². The third-order valence-corrected chi connectivity index (χ3v) is 5.50. The highest BCUT2D eigenvalue weighted by Crippen LogP contribution is 2.33. The third-order valence-electron chi connectivity index (χ3n) is 4.48. The summed E-state index contributed by atoms with van der Waals surface area (Å²) in [5, 5.41) is 0.667. The van der Waals surface area contributed by atoms with E-state index in [-0.39, 0.29) is 5.91 Å². The predicted molar refractivity (Wildman–Crippen MR) is 113 cm³/mol. The molecule has 0 radical (unpaired) electrons. The Morgan fingerprint density at radius 3 is 2.54 bits per heavy atom. The molecule has 0 unspecified atom stereocenters. The minimum absolute atomic E-state index is 0.204. The molecular formula is C22H20N4OS. The van der Waals surface area contributed by atoms with Crippen LogP contribution < -0.4 is 4.90 Å². The average molecular weight is 388 g/mol. The average Bonchev–Trinajstić information content (AvgIpc) is 3.11. The summed E-state index contributed by atoms with van der Waals surface area (Å²) in [6, 6.07) is 14.1. The van der Waals surface area contributed by atoms with Crippen molar-refractivity contribution in [3.63, 3.8) is 0 Å². The van der Waals surface area contributed by atoms with Crippen LogP contribution in [0.1, 0.15) is 32.9 Å². The van der Waals surface area contributed by atoms with E-state index < -0.39 is 0 Å². The van der Waals surface area contributed by atoms with Crippen LogP contribution in [0.4, 0.5) is 5.13 Å². The number of carbonyl (C=O) groups excluding carboxylic acids is 1. The molecule has 140 valence electrons. The lowest BCUT2D eigenvalue weighted by Crippen LogP contribution is -2.31. The van der Waals surface area contributed by atoms with Gasteiger partial charge in [0.1, 0.15) is 5.69 Å². The zero-order chi connectivity index (χ0) is 19.7.